The van der Waals surface area contributed by atoms with Crippen molar-refractivity contribution in [3.05, 3.63) is 24.3 Å². The summed E-state index contributed by atoms with van der Waals surface area (Å²) in [5.74, 6) is -0.682. The minimum absolute atomic E-state index is 0.0577. The molecule has 0 saturated heterocycles. The van der Waals surface area contributed by atoms with Crippen molar-refractivity contribution in [1.82, 2.24) is 5.32 Å². The van der Waals surface area contributed by atoms with Gasteiger partial charge in [-0.25, -0.2) is 4.79 Å². The second kappa shape index (κ2) is 9.08. The zero-order chi connectivity index (χ0) is 20.1. The van der Waals surface area contributed by atoms with Crippen molar-refractivity contribution in [2.24, 2.45) is 0 Å². The molecular weight excluding hydrogens is 360 g/mol. The first-order valence-electron chi connectivity index (χ1n) is 10.0. The minimum atomic E-state index is -0.966. The number of anilines is 1. The van der Waals surface area contributed by atoms with E-state index < -0.39 is 18.2 Å². The molecule has 1 aliphatic carbocycles. The summed E-state index contributed by atoms with van der Waals surface area (Å²) in [4.78, 5) is 38.4. The smallest absolute Gasteiger partial charge is 0.350 e. The van der Waals surface area contributed by atoms with Crippen LogP contribution < -0.4 is 15.0 Å². The molecule has 3 rings (SSSR count). The summed E-state index contributed by atoms with van der Waals surface area (Å²) in [6.07, 6.45) is 4.65. The van der Waals surface area contributed by atoms with E-state index >= 15 is 0 Å². The number of amides is 2. The number of carbonyl (C=O) groups is 3. The first-order valence-corrected chi connectivity index (χ1v) is 10.0. The van der Waals surface area contributed by atoms with E-state index in [1.807, 2.05) is 0 Å². The number of nitrogens with one attached hydrogen (secondary N) is 1. The Kier molecular flexibility index (Phi) is 6.54. The highest BCUT2D eigenvalue weighted by molar-refractivity contribution is 5.95. The number of rotatable bonds is 4. The van der Waals surface area contributed by atoms with Crippen LogP contribution in [0.3, 0.4) is 0 Å². The predicted molar refractivity (Wildman–Crippen MR) is 104 cm³/mol. The number of para-hydroxylation sites is 2. The number of benzene rings is 1. The Balaban J connectivity index is 1.59. The van der Waals surface area contributed by atoms with Gasteiger partial charge in [0.15, 0.2) is 6.10 Å². The number of ether oxygens (including phenoxy) is 2. The van der Waals surface area contributed by atoms with Gasteiger partial charge >= 0.3 is 5.97 Å². The Morgan fingerprint density at radius 1 is 1.14 bits per heavy atom. The number of hydrogen-bond acceptors (Lipinski definition) is 5. The van der Waals surface area contributed by atoms with E-state index in [1.54, 1.807) is 31.2 Å². The van der Waals surface area contributed by atoms with Gasteiger partial charge < -0.3 is 19.7 Å². The normalized spacial score (nSPS) is 20.9. The average Bonchev–Trinajstić information content (AvgIpc) is 2.95. The minimum Gasteiger partial charge on any atom is -0.475 e. The van der Waals surface area contributed by atoms with E-state index in [2.05, 4.69) is 5.32 Å². The van der Waals surface area contributed by atoms with Crippen LogP contribution in [0.4, 0.5) is 5.69 Å². The fourth-order valence-electron chi connectivity index (χ4n) is 3.70. The average molecular weight is 388 g/mol. The number of esters is 1. The van der Waals surface area contributed by atoms with Gasteiger partial charge in [-0.05, 0) is 31.9 Å². The van der Waals surface area contributed by atoms with Crippen LogP contribution in [0.25, 0.3) is 0 Å². The maximum absolute atomic E-state index is 12.6. The second-order valence-electron chi connectivity index (χ2n) is 7.48. The lowest BCUT2D eigenvalue weighted by atomic mass is 10.1. The SMILES string of the molecule is CC(=O)N1C[C@@H](C(=O)O[C@@H](C)C(=O)NC2CCCCCC2)Oc2ccccc21. The summed E-state index contributed by atoms with van der Waals surface area (Å²) in [5, 5.41) is 2.99. The van der Waals surface area contributed by atoms with Crippen molar-refractivity contribution in [2.75, 3.05) is 11.4 Å². The van der Waals surface area contributed by atoms with E-state index in [1.165, 1.54) is 24.7 Å². The van der Waals surface area contributed by atoms with Crippen LogP contribution in [0.5, 0.6) is 5.75 Å². The van der Waals surface area contributed by atoms with Crippen LogP contribution in [0.1, 0.15) is 52.4 Å². The maximum atomic E-state index is 12.6. The first-order chi connectivity index (χ1) is 13.5. The summed E-state index contributed by atoms with van der Waals surface area (Å²) < 4.78 is 11.1. The fourth-order valence-corrected chi connectivity index (χ4v) is 3.70. The van der Waals surface area contributed by atoms with Crippen LogP contribution >= 0.6 is 0 Å². The number of fused-ring (bicyclic) bond motifs is 1. The standard InChI is InChI=1S/C21H28N2O5/c1-14(20(25)22-16-9-5-3-4-6-10-16)27-21(26)19-13-23(15(2)24)17-11-7-8-12-18(17)28-19/h7-8,11-12,14,16,19H,3-6,9-10,13H2,1-2H3,(H,22,25)/t14-,19-/m0/s1. The van der Waals surface area contributed by atoms with Crippen molar-refractivity contribution >= 4 is 23.5 Å². The Morgan fingerprint density at radius 2 is 1.82 bits per heavy atom. The van der Waals surface area contributed by atoms with Crippen LogP contribution in [0, 0.1) is 0 Å². The third-order valence-electron chi connectivity index (χ3n) is 5.28. The first kappa shape index (κ1) is 20.2. The van der Waals surface area contributed by atoms with E-state index in [4.69, 9.17) is 9.47 Å². The van der Waals surface area contributed by atoms with Gasteiger partial charge in [-0.15, -0.1) is 0 Å². The van der Waals surface area contributed by atoms with Crippen molar-refractivity contribution in [1.29, 1.82) is 0 Å². The second-order valence-corrected chi connectivity index (χ2v) is 7.48. The molecule has 0 aromatic heterocycles. The molecule has 1 aromatic carbocycles. The number of hydrogen-bond donors (Lipinski definition) is 1. The zero-order valence-electron chi connectivity index (χ0n) is 16.5. The Morgan fingerprint density at radius 3 is 2.50 bits per heavy atom. The highest BCUT2D eigenvalue weighted by Crippen LogP contribution is 2.33. The molecule has 1 saturated carbocycles. The molecule has 0 spiro atoms. The maximum Gasteiger partial charge on any atom is 0.350 e. The lowest BCUT2D eigenvalue weighted by Gasteiger charge is -2.33. The lowest BCUT2D eigenvalue weighted by Crippen LogP contribution is -2.49. The molecule has 2 amide bonds. The predicted octanol–water partition coefficient (Wildman–Crippen LogP) is 2.57. The van der Waals surface area contributed by atoms with Gasteiger partial charge in [-0.3, -0.25) is 9.59 Å². The third kappa shape index (κ3) is 4.82. The van der Waals surface area contributed by atoms with Crippen LogP contribution in [-0.4, -0.2) is 42.6 Å². The Labute approximate surface area is 165 Å². The molecule has 1 aliphatic heterocycles. The molecule has 0 unspecified atom stereocenters. The summed E-state index contributed by atoms with van der Waals surface area (Å²) in [6, 6.07) is 7.18. The van der Waals surface area contributed by atoms with Crippen molar-refractivity contribution in [2.45, 2.75) is 70.6 Å². The van der Waals surface area contributed by atoms with Gasteiger partial charge in [0.1, 0.15) is 5.75 Å². The van der Waals surface area contributed by atoms with Gasteiger partial charge in [0.2, 0.25) is 12.0 Å². The van der Waals surface area contributed by atoms with Crippen LogP contribution in [-0.2, 0) is 19.1 Å². The molecule has 7 heteroatoms. The summed E-state index contributed by atoms with van der Waals surface area (Å²) in [5.41, 5.74) is 0.623. The van der Waals surface area contributed by atoms with Crippen molar-refractivity contribution < 1.29 is 23.9 Å². The van der Waals surface area contributed by atoms with E-state index in [-0.39, 0.29) is 24.4 Å². The molecule has 28 heavy (non-hydrogen) atoms. The quantitative estimate of drug-likeness (QED) is 0.633. The molecular formula is C21H28N2O5. The van der Waals surface area contributed by atoms with Gasteiger partial charge in [-0.2, -0.15) is 0 Å². The monoisotopic (exact) mass is 388 g/mol. The number of nitrogens with zero attached hydrogens (tertiary/aromatic N) is 1. The molecule has 1 aromatic rings. The summed E-state index contributed by atoms with van der Waals surface area (Å²) >= 11 is 0. The summed E-state index contributed by atoms with van der Waals surface area (Å²) in [7, 11) is 0. The molecule has 0 radical (unpaired) electrons. The zero-order valence-corrected chi connectivity index (χ0v) is 16.5. The van der Waals surface area contributed by atoms with Crippen LogP contribution in [0.2, 0.25) is 0 Å². The van der Waals surface area contributed by atoms with E-state index in [9.17, 15) is 14.4 Å². The van der Waals surface area contributed by atoms with Gasteiger partial charge in [0.05, 0.1) is 12.2 Å². The van der Waals surface area contributed by atoms with Gasteiger partial charge in [0, 0.05) is 13.0 Å². The molecule has 1 N–H and O–H groups in total. The highest BCUT2D eigenvalue weighted by atomic mass is 16.6. The highest BCUT2D eigenvalue weighted by Gasteiger charge is 2.35. The number of carbonyl (C=O) groups excluding carboxylic acids is 3. The molecule has 0 bridgehead atoms. The topological polar surface area (TPSA) is 84.9 Å². The molecule has 152 valence electrons. The van der Waals surface area contributed by atoms with Crippen molar-refractivity contribution in [3.63, 3.8) is 0 Å². The molecule has 1 heterocycles. The molecule has 2 atom stereocenters. The molecule has 2 aliphatic rings. The summed E-state index contributed by atoms with van der Waals surface area (Å²) in [6.45, 7) is 3.05. The van der Waals surface area contributed by atoms with Gasteiger partial charge in [0.25, 0.3) is 5.91 Å². The fraction of sp³-hybridized carbons (Fsp3) is 0.571. The lowest BCUT2D eigenvalue weighted by molar-refractivity contribution is -0.161. The van der Waals surface area contributed by atoms with Crippen LogP contribution in [0.15, 0.2) is 24.3 Å². The van der Waals surface area contributed by atoms with E-state index in [0.29, 0.717) is 11.4 Å². The third-order valence-corrected chi connectivity index (χ3v) is 5.28. The van der Waals surface area contributed by atoms with E-state index in [0.717, 1.165) is 25.7 Å². The Bertz CT molecular complexity index is 727. The largest absolute Gasteiger partial charge is 0.475 e. The Hall–Kier alpha value is -2.57. The molecule has 1 fully saturated rings. The molecule has 7 nitrogen and oxygen atoms in total. The van der Waals surface area contributed by atoms with Gasteiger partial charge in [-0.1, -0.05) is 37.8 Å². The van der Waals surface area contributed by atoms with Crippen molar-refractivity contribution in [3.8, 4) is 5.75 Å².